The number of ether oxygens (including phenoxy) is 2. The van der Waals surface area contributed by atoms with Crippen molar-refractivity contribution in [3.63, 3.8) is 0 Å². The molecule has 0 aromatic carbocycles. The first-order valence-electron chi connectivity index (χ1n) is 6.45. The van der Waals surface area contributed by atoms with Crippen molar-refractivity contribution in [3.05, 3.63) is 12.1 Å². The third kappa shape index (κ3) is 6.26. The average molecular weight is 269 g/mol. The maximum atomic E-state index is 8.57. The molecule has 0 aliphatic rings. The highest BCUT2D eigenvalue weighted by molar-refractivity contribution is 5.53. The van der Waals surface area contributed by atoms with Gasteiger partial charge in [0.05, 0.1) is 32.1 Å². The molecule has 1 aromatic rings. The zero-order chi connectivity index (χ0) is 14.1. The maximum Gasteiger partial charge on any atom is 0.239 e. The first-order valence-corrected chi connectivity index (χ1v) is 6.45. The Bertz CT molecular complexity index is 372. The molecule has 1 rings (SSSR count). The Balaban J connectivity index is 2.43. The molecule has 1 aromatic heterocycles. The number of nitrogens with two attached hydrogens (primary N) is 1. The summed E-state index contributed by atoms with van der Waals surface area (Å²) < 4.78 is 10.7. The predicted molar refractivity (Wildman–Crippen MR) is 75.4 cm³/mol. The first kappa shape index (κ1) is 15.5. The van der Waals surface area contributed by atoms with Crippen LogP contribution in [0.1, 0.15) is 13.8 Å². The molecule has 0 saturated heterocycles. The smallest absolute Gasteiger partial charge is 0.239 e. The molecular weight excluding hydrogens is 246 g/mol. The number of anilines is 2. The van der Waals surface area contributed by atoms with Gasteiger partial charge in [0.25, 0.3) is 0 Å². The third-order valence-corrected chi connectivity index (χ3v) is 2.23. The fraction of sp³-hybridized carbons (Fsp3) is 0.615. The van der Waals surface area contributed by atoms with Gasteiger partial charge < -0.3 is 25.6 Å². The second kappa shape index (κ2) is 8.55. The van der Waals surface area contributed by atoms with Crippen LogP contribution in [0.5, 0.6) is 5.88 Å². The number of nitrogens with zero attached hydrogens (tertiary/aromatic N) is 1. The number of aromatic nitrogens is 1. The lowest BCUT2D eigenvalue weighted by Crippen LogP contribution is -2.13. The lowest BCUT2D eigenvalue weighted by Gasteiger charge is -2.12. The van der Waals surface area contributed by atoms with Gasteiger partial charge in [0.1, 0.15) is 5.82 Å². The van der Waals surface area contributed by atoms with E-state index in [0.29, 0.717) is 49.7 Å². The van der Waals surface area contributed by atoms with Gasteiger partial charge in [-0.25, -0.2) is 0 Å². The summed E-state index contributed by atoms with van der Waals surface area (Å²) in [6.07, 6.45) is 0. The summed E-state index contributed by atoms with van der Waals surface area (Å²) in [5.74, 6) is 1.57. The number of pyridine rings is 1. The van der Waals surface area contributed by atoms with E-state index >= 15 is 0 Å². The minimum atomic E-state index is 0.0350. The molecule has 0 saturated carbocycles. The number of nitrogen functional groups attached to an aromatic ring is 1. The van der Waals surface area contributed by atoms with Gasteiger partial charge in [-0.15, -0.1) is 0 Å². The minimum Gasteiger partial charge on any atom is -0.476 e. The Morgan fingerprint density at radius 1 is 1.37 bits per heavy atom. The van der Waals surface area contributed by atoms with E-state index in [9.17, 15) is 0 Å². The van der Waals surface area contributed by atoms with Crippen LogP contribution < -0.4 is 15.8 Å². The van der Waals surface area contributed by atoms with Crippen molar-refractivity contribution in [2.45, 2.75) is 13.8 Å². The summed E-state index contributed by atoms with van der Waals surface area (Å²) in [5, 5.41) is 11.7. The normalized spacial score (nSPS) is 10.7. The van der Waals surface area contributed by atoms with Crippen LogP contribution in [0.4, 0.5) is 11.5 Å². The Hall–Kier alpha value is -1.53. The van der Waals surface area contributed by atoms with Crippen LogP contribution in [0.25, 0.3) is 0 Å². The van der Waals surface area contributed by atoms with Crippen molar-refractivity contribution in [2.24, 2.45) is 5.92 Å². The van der Waals surface area contributed by atoms with E-state index in [1.807, 2.05) is 0 Å². The largest absolute Gasteiger partial charge is 0.476 e. The van der Waals surface area contributed by atoms with Gasteiger partial charge in [-0.1, -0.05) is 13.8 Å². The third-order valence-electron chi connectivity index (χ3n) is 2.23. The summed E-state index contributed by atoms with van der Waals surface area (Å²) in [7, 11) is 0. The van der Waals surface area contributed by atoms with Gasteiger partial charge in [-0.05, 0) is 18.1 Å². The number of hydrogen-bond donors (Lipinski definition) is 3. The molecular formula is C13H23N3O3. The van der Waals surface area contributed by atoms with Gasteiger partial charge in [0, 0.05) is 6.54 Å². The van der Waals surface area contributed by atoms with Crippen LogP contribution in [0.3, 0.4) is 0 Å². The molecule has 0 atom stereocenters. The number of rotatable bonds is 9. The minimum absolute atomic E-state index is 0.0350. The van der Waals surface area contributed by atoms with E-state index in [2.05, 4.69) is 24.1 Å². The summed E-state index contributed by atoms with van der Waals surface area (Å²) in [4.78, 5) is 4.30. The highest BCUT2D eigenvalue weighted by Gasteiger charge is 2.05. The molecule has 0 spiro atoms. The van der Waals surface area contributed by atoms with Crippen molar-refractivity contribution in [1.82, 2.24) is 4.98 Å². The molecule has 1 heterocycles. The van der Waals surface area contributed by atoms with Crippen LogP contribution in [-0.2, 0) is 4.74 Å². The summed E-state index contributed by atoms with van der Waals surface area (Å²) >= 11 is 0. The summed E-state index contributed by atoms with van der Waals surface area (Å²) in [5.41, 5.74) is 6.33. The zero-order valence-electron chi connectivity index (χ0n) is 11.6. The van der Waals surface area contributed by atoms with Crippen molar-refractivity contribution in [2.75, 3.05) is 44.0 Å². The first-order chi connectivity index (χ1) is 9.13. The summed E-state index contributed by atoms with van der Waals surface area (Å²) in [6, 6.07) is 3.56. The second-order valence-electron chi connectivity index (χ2n) is 4.56. The van der Waals surface area contributed by atoms with Gasteiger partial charge in [-0.2, -0.15) is 4.98 Å². The van der Waals surface area contributed by atoms with Gasteiger partial charge in [-0.3, -0.25) is 0 Å². The average Bonchev–Trinajstić information content (AvgIpc) is 2.38. The van der Waals surface area contributed by atoms with Crippen LogP contribution in [-0.4, -0.2) is 43.1 Å². The fourth-order valence-corrected chi connectivity index (χ4v) is 1.33. The Kier molecular flexibility index (Phi) is 6.99. The quantitative estimate of drug-likeness (QED) is 0.582. The van der Waals surface area contributed by atoms with Crippen molar-refractivity contribution in [3.8, 4) is 5.88 Å². The lowest BCUT2D eigenvalue weighted by molar-refractivity contribution is 0.0992. The molecule has 0 unspecified atom stereocenters. The lowest BCUT2D eigenvalue weighted by atomic mass is 10.2. The number of hydrogen-bond acceptors (Lipinski definition) is 6. The zero-order valence-corrected chi connectivity index (χ0v) is 11.6. The molecule has 0 fully saturated rings. The van der Waals surface area contributed by atoms with Crippen LogP contribution in [0.15, 0.2) is 12.1 Å². The van der Waals surface area contributed by atoms with Crippen molar-refractivity contribution in [1.29, 1.82) is 0 Å². The van der Waals surface area contributed by atoms with E-state index < -0.39 is 0 Å². The standard InChI is InChI=1S/C13H23N3O3/c1-10(2)9-19-13-11(14)3-4-12(16-13)15-5-7-18-8-6-17/h3-4,10,17H,5-9,14H2,1-2H3,(H,15,16). The maximum absolute atomic E-state index is 8.57. The number of aliphatic hydroxyl groups is 1. The molecule has 4 N–H and O–H groups in total. The molecule has 0 aliphatic carbocycles. The molecule has 6 nitrogen and oxygen atoms in total. The van der Waals surface area contributed by atoms with E-state index in [1.54, 1.807) is 12.1 Å². The van der Waals surface area contributed by atoms with Crippen molar-refractivity contribution >= 4 is 11.5 Å². The van der Waals surface area contributed by atoms with E-state index in [1.165, 1.54) is 0 Å². The van der Waals surface area contributed by atoms with Crippen LogP contribution in [0.2, 0.25) is 0 Å². The van der Waals surface area contributed by atoms with E-state index in [4.69, 9.17) is 20.3 Å². The molecule has 6 heteroatoms. The number of aliphatic hydroxyl groups excluding tert-OH is 1. The topological polar surface area (TPSA) is 89.6 Å². The van der Waals surface area contributed by atoms with Crippen LogP contribution >= 0.6 is 0 Å². The Labute approximate surface area is 113 Å². The molecule has 0 bridgehead atoms. The SMILES string of the molecule is CC(C)COc1nc(NCCOCCO)ccc1N. The van der Waals surface area contributed by atoms with Gasteiger partial charge >= 0.3 is 0 Å². The fourth-order valence-electron chi connectivity index (χ4n) is 1.33. The van der Waals surface area contributed by atoms with E-state index in [0.717, 1.165) is 0 Å². The predicted octanol–water partition coefficient (Wildman–Crippen LogP) is 1.12. The monoisotopic (exact) mass is 269 g/mol. The molecule has 0 radical (unpaired) electrons. The summed E-state index contributed by atoms with van der Waals surface area (Å²) in [6.45, 7) is 6.22. The molecule has 108 valence electrons. The molecule has 19 heavy (non-hydrogen) atoms. The highest BCUT2D eigenvalue weighted by atomic mass is 16.5. The Morgan fingerprint density at radius 3 is 2.84 bits per heavy atom. The van der Waals surface area contributed by atoms with Crippen LogP contribution in [0, 0.1) is 5.92 Å². The van der Waals surface area contributed by atoms with Gasteiger partial charge in [0.15, 0.2) is 0 Å². The molecule has 0 amide bonds. The van der Waals surface area contributed by atoms with E-state index in [-0.39, 0.29) is 6.61 Å². The Morgan fingerprint density at radius 2 is 2.16 bits per heavy atom. The second-order valence-corrected chi connectivity index (χ2v) is 4.56. The number of nitrogens with one attached hydrogen (secondary N) is 1. The van der Waals surface area contributed by atoms with Crippen molar-refractivity contribution < 1.29 is 14.6 Å². The van der Waals surface area contributed by atoms with Gasteiger partial charge in [0.2, 0.25) is 5.88 Å². The highest BCUT2D eigenvalue weighted by Crippen LogP contribution is 2.21. The molecule has 0 aliphatic heterocycles.